The third-order valence-electron chi connectivity index (χ3n) is 6.51. The molecule has 39 heavy (non-hydrogen) atoms. The van der Waals surface area contributed by atoms with Crippen LogP contribution in [0.1, 0.15) is 24.5 Å². The summed E-state index contributed by atoms with van der Waals surface area (Å²) in [5, 5.41) is 3.31. The van der Waals surface area contributed by atoms with Gasteiger partial charge in [-0.2, -0.15) is 4.98 Å². The third-order valence-corrected chi connectivity index (χ3v) is 6.71. The number of halogens is 1. The lowest BCUT2D eigenvalue weighted by Crippen LogP contribution is -2.55. The van der Waals surface area contributed by atoms with Gasteiger partial charge in [0.25, 0.3) is 0 Å². The first-order valence-corrected chi connectivity index (χ1v) is 13.2. The van der Waals surface area contributed by atoms with E-state index in [1.165, 1.54) is 0 Å². The lowest BCUT2D eigenvalue weighted by atomic mass is 10.1. The average molecular weight is 547 g/mol. The Kier molecular flexibility index (Phi) is 8.33. The second kappa shape index (κ2) is 12.2. The number of aromatic nitrogens is 5. The van der Waals surface area contributed by atoms with Gasteiger partial charge in [0.2, 0.25) is 11.9 Å². The van der Waals surface area contributed by atoms with E-state index in [2.05, 4.69) is 36.1 Å². The van der Waals surface area contributed by atoms with Crippen molar-refractivity contribution in [3.63, 3.8) is 0 Å². The molecule has 1 saturated heterocycles. The van der Waals surface area contributed by atoms with Gasteiger partial charge in [-0.05, 0) is 37.6 Å². The Morgan fingerprint density at radius 1 is 1.15 bits per heavy atom. The van der Waals surface area contributed by atoms with Gasteiger partial charge >= 0.3 is 0 Å². The van der Waals surface area contributed by atoms with Crippen molar-refractivity contribution in [3.8, 4) is 11.7 Å². The SMILES string of the molecule is Cc1ccc(OC(C)NC(=O)CC2CN(Cc3cccnc3)CCN2c2cc(Cl)nc(-n3ccnc3)n2)cc1. The summed E-state index contributed by atoms with van der Waals surface area (Å²) in [5.41, 5.74) is 2.27. The van der Waals surface area contributed by atoms with Crippen molar-refractivity contribution in [2.75, 3.05) is 24.5 Å². The fourth-order valence-corrected chi connectivity index (χ4v) is 4.85. The van der Waals surface area contributed by atoms with Crippen LogP contribution >= 0.6 is 11.6 Å². The first kappa shape index (κ1) is 26.6. The van der Waals surface area contributed by atoms with E-state index >= 15 is 0 Å². The van der Waals surface area contributed by atoms with Crippen molar-refractivity contribution in [1.29, 1.82) is 0 Å². The van der Waals surface area contributed by atoms with Gasteiger partial charge in [-0.15, -0.1) is 0 Å². The van der Waals surface area contributed by atoms with Crippen LogP contribution in [-0.2, 0) is 11.3 Å². The monoisotopic (exact) mass is 546 g/mol. The van der Waals surface area contributed by atoms with Gasteiger partial charge in [-0.3, -0.25) is 19.2 Å². The predicted molar refractivity (Wildman–Crippen MR) is 149 cm³/mol. The van der Waals surface area contributed by atoms with Crippen LogP contribution in [0.2, 0.25) is 5.15 Å². The Morgan fingerprint density at radius 3 is 2.74 bits per heavy atom. The molecule has 2 atom stereocenters. The molecule has 0 saturated carbocycles. The maximum absolute atomic E-state index is 13.2. The summed E-state index contributed by atoms with van der Waals surface area (Å²) in [4.78, 5) is 35.1. The minimum atomic E-state index is -0.481. The molecule has 4 heterocycles. The molecule has 1 N–H and O–H groups in total. The summed E-state index contributed by atoms with van der Waals surface area (Å²) >= 11 is 6.41. The van der Waals surface area contributed by atoms with Crippen LogP contribution in [0, 0.1) is 6.92 Å². The molecule has 0 radical (unpaired) electrons. The molecule has 202 valence electrons. The zero-order chi connectivity index (χ0) is 27.2. The molecule has 2 unspecified atom stereocenters. The fourth-order valence-electron chi connectivity index (χ4n) is 4.67. The summed E-state index contributed by atoms with van der Waals surface area (Å²) in [5.74, 6) is 1.69. The zero-order valence-corrected chi connectivity index (χ0v) is 22.7. The molecule has 1 fully saturated rings. The van der Waals surface area contributed by atoms with E-state index in [1.807, 2.05) is 50.4 Å². The number of carbonyl (C=O) groups is 1. The molecular formula is C28H31ClN8O2. The molecule has 10 nitrogen and oxygen atoms in total. The summed E-state index contributed by atoms with van der Waals surface area (Å²) in [7, 11) is 0. The van der Waals surface area contributed by atoms with Crippen LogP contribution in [0.15, 0.2) is 73.6 Å². The van der Waals surface area contributed by atoms with Crippen molar-refractivity contribution in [2.24, 2.45) is 0 Å². The fraction of sp³-hybridized carbons (Fsp3) is 0.321. The number of rotatable bonds is 9. The molecular weight excluding hydrogens is 516 g/mol. The average Bonchev–Trinajstić information content (AvgIpc) is 3.46. The number of hydrogen-bond acceptors (Lipinski definition) is 8. The van der Waals surface area contributed by atoms with Crippen molar-refractivity contribution in [1.82, 2.24) is 34.7 Å². The van der Waals surface area contributed by atoms with Gasteiger partial charge < -0.3 is 15.0 Å². The van der Waals surface area contributed by atoms with Crippen molar-refractivity contribution in [2.45, 2.75) is 39.1 Å². The number of nitrogens with zero attached hydrogens (tertiary/aromatic N) is 7. The van der Waals surface area contributed by atoms with Crippen LogP contribution in [0.3, 0.4) is 0 Å². The van der Waals surface area contributed by atoms with E-state index in [0.29, 0.717) is 35.8 Å². The summed E-state index contributed by atoms with van der Waals surface area (Å²) in [6.45, 7) is 6.72. The smallest absolute Gasteiger partial charge is 0.238 e. The molecule has 3 aromatic heterocycles. The second-order valence-corrected chi connectivity index (χ2v) is 9.99. The zero-order valence-electron chi connectivity index (χ0n) is 21.9. The molecule has 1 aromatic carbocycles. The van der Waals surface area contributed by atoms with Crippen molar-refractivity contribution < 1.29 is 9.53 Å². The van der Waals surface area contributed by atoms with E-state index in [4.69, 9.17) is 21.3 Å². The number of hydrogen-bond donors (Lipinski definition) is 1. The Balaban J connectivity index is 1.32. The molecule has 5 rings (SSSR count). The van der Waals surface area contributed by atoms with Gasteiger partial charge in [0.05, 0.1) is 6.04 Å². The maximum atomic E-state index is 13.2. The standard InChI is InChI=1S/C28H31ClN8O2/c1-20-5-7-24(8-6-20)39-21(2)32-27(38)14-23-18-35(17-22-4-3-9-30-16-22)12-13-37(23)26-15-25(29)33-28(34-26)36-11-10-31-19-36/h3-11,15-16,19,21,23H,12-14,17-18H2,1-2H3,(H,32,38). The number of piperazine rings is 1. The number of benzene rings is 1. The molecule has 1 amide bonds. The Bertz CT molecular complexity index is 1370. The van der Waals surface area contributed by atoms with Crippen LogP contribution in [0.25, 0.3) is 5.95 Å². The minimum Gasteiger partial charge on any atom is -0.471 e. The molecule has 11 heteroatoms. The summed E-state index contributed by atoms with van der Waals surface area (Å²) < 4.78 is 7.61. The van der Waals surface area contributed by atoms with Crippen LogP contribution in [0.4, 0.5) is 5.82 Å². The molecule has 0 spiro atoms. The van der Waals surface area contributed by atoms with Gasteiger partial charge in [0.1, 0.15) is 23.0 Å². The molecule has 1 aliphatic heterocycles. The lowest BCUT2D eigenvalue weighted by molar-refractivity contribution is -0.123. The first-order valence-electron chi connectivity index (χ1n) is 12.9. The predicted octanol–water partition coefficient (Wildman–Crippen LogP) is 3.64. The highest BCUT2D eigenvalue weighted by molar-refractivity contribution is 6.29. The Labute approximate surface area is 232 Å². The highest BCUT2D eigenvalue weighted by Crippen LogP contribution is 2.25. The first-order chi connectivity index (χ1) is 18.9. The van der Waals surface area contributed by atoms with Gasteiger partial charge in [-0.25, -0.2) is 9.97 Å². The largest absolute Gasteiger partial charge is 0.471 e. The Hall–Kier alpha value is -4.02. The molecule has 4 aromatic rings. The normalized spacial score (nSPS) is 16.6. The van der Waals surface area contributed by atoms with E-state index in [0.717, 1.165) is 24.2 Å². The van der Waals surface area contributed by atoms with E-state index in [9.17, 15) is 4.79 Å². The minimum absolute atomic E-state index is 0.108. The quantitative estimate of drug-likeness (QED) is 0.251. The highest BCUT2D eigenvalue weighted by atomic mass is 35.5. The number of carbonyl (C=O) groups excluding carboxylic acids is 1. The molecule has 1 aliphatic rings. The van der Waals surface area contributed by atoms with Crippen molar-refractivity contribution in [3.05, 3.63) is 89.9 Å². The summed E-state index contributed by atoms with van der Waals surface area (Å²) in [6, 6.07) is 13.3. The number of aryl methyl sites for hydroxylation is 1. The Morgan fingerprint density at radius 2 is 2.00 bits per heavy atom. The number of pyridine rings is 1. The molecule has 0 bridgehead atoms. The van der Waals surface area contributed by atoms with Crippen LogP contribution in [0.5, 0.6) is 5.75 Å². The van der Waals surface area contributed by atoms with Gasteiger partial charge in [0, 0.05) is 63.5 Å². The number of anilines is 1. The van der Waals surface area contributed by atoms with E-state index in [-0.39, 0.29) is 18.4 Å². The number of amides is 1. The topological polar surface area (TPSA) is 101 Å². The highest BCUT2D eigenvalue weighted by Gasteiger charge is 2.31. The molecule has 0 aliphatic carbocycles. The lowest BCUT2D eigenvalue weighted by Gasteiger charge is -2.42. The van der Waals surface area contributed by atoms with Gasteiger partial charge in [-0.1, -0.05) is 35.4 Å². The number of nitrogens with one attached hydrogen (secondary N) is 1. The van der Waals surface area contributed by atoms with Gasteiger partial charge in [0.15, 0.2) is 6.23 Å². The second-order valence-electron chi connectivity index (χ2n) is 9.61. The van der Waals surface area contributed by atoms with Crippen molar-refractivity contribution >= 4 is 23.3 Å². The third kappa shape index (κ3) is 7.10. The number of imidazole rings is 1. The summed E-state index contributed by atoms with van der Waals surface area (Å²) in [6.07, 6.45) is 8.47. The van der Waals surface area contributed by atoms with E-state index < -0.39 is 6.23 Å². The van der Waals surface area contributed by atoms with Crippen LogP contribution < -0.4 is 15.0 Å². The number of ether oxygens (including phenoxy) is 1. The van der Waals surface area contributed by atoms with Crippen LogP contribution in [-0.4, -0.2) is 67.2 Å². The van der Waals surface area contributed by atoms with E-state index in [1.54, 1.807) is 35.6 Å². The maximum Gasteiger partial charge on any atom is 0.238 e.